The zero-order valence-electron chi connectivity index (χ0n) is 7.41. The molecule has 0 spiro atoms. The van der Waals surface area contributed by atoms with Crippen LogP contribution >= 0.6 is 24.0 Å². The van der Waals surface area contributed by atoms with Gasteiger partial charge in [-0.05, 0) is 12.8 Å². The molecule has 2 nitrogen and oxygen atoms in total. The first kappa shape index (κ1) is 10.3. The lowest BCUT2D eigenvalue weighted by atomic mass is 10.4. The first-order chi connectivity index (χ1) is 5.84. The molecule has 1 aliphatic rings. The fourth-order valence-electron chi connectivity index (χ4n) is 1.20. The lowest BCUT2D eigenvalue weighted by molar-refractivity contribution is 0.219. The number of rotatable bonds is 3. The summed E-state index contributed by atoms with van der Waals surface area (Å²) in [5.41, 5.74) is 0. The van der Waals surface area contributed by atoms with Gasteiger partial charge in [0, 0.05) is 26.0 Å². The quantitative estimate of drug-likeness (QED) is 0.514. The molecule has 0 saturated carbocycles. The van der Waals surface area contributed by atoms with Gasteiger partial charge in [0.25, 0.3) is 0 Å². The molecule has 0 atom stereocenters. The predicted molar refractivity (Wildman–Crippen MR) is 57.7 cm³/mol. The highest BCUT2D eigenvalue weighted by atomic mass is 32.2. The molecule has 70 valence electrons. The van der Waals surface area contributed by atoms with Crippen molar-refractivity contribution in [2.45, 2.75) is 12.8 Å². The van der Waals surface area contributed by atoms with Crippen LogP contribution in [0.1, 0.15) is 12.8 Å². The Labute approximate surface area is 83.6 Å². The largest absolute Gasteiger partial charge is 0.384 e. The average Bonchev–Trinajstić information content (AvgIpc) is 2.56. The van der Waals surface area contributed by atoms with Crippen LogP contribution in [0.4, 0.5) is 0 Å². The Hall–Kier alpha value is 0.200. The van der Waals surface area contributed by atoms with Gasteiger partial charge in [-0.15, -0.1) is 0 Å². The van der Waals surface area contributed by atoms with Crippen LogP contribution in [0.3, 0.4) is 0 Å². The molecule has 0 bridgehead atoms. The minimum Gasteiger partial charge on any atom is -0.384 e. The molecular weight excluding hydrogens is 190 g/mol. The van der Waals surface area contributed by atoms with E-state index in [2.05, 4.69) is 4.90 Å². The minimum absolute atomic E-state index is 0.790. The van der Waals surface area contributed by atoms with Crippen molar-refractivity contribution in [1.29, 1.82) is 0 Å². The highest BCUT2D eigenvalue weighted by molar-refractivity contribution is 8.22. The molecule has 1 fully saturated rings. The van der Waals surface area contributed by atoms with E-state index in [1.807, 2.05) is 0 Å². The number of nitrogens with zero attached hydrogens (tertiary/aromatic N) is 1. The van der Waals surface area contributed by atoms with Crippen LogP contribution in [-0.2, 0) is 4.74 Å². The maximum Gasteiger partial charge on any atom is 0.136 e. The first-order valence-corrected chi connectivity index (χ1v) is 5.64. The summed E-state index contributed by atoms with van der Waals surface area (Å²) in [7, 11) is 1.72. The van der Waals surface area contributed by atoms with Crippen molar-refractivity contribution in [3.63, 3.8) is 0 Å². The molecule has 0 unspecified atom stereocenters. The molecule has 0 N–H and O–H groups in total. The third kappa shape index (κ3) is 3.29. The smallest absolute Gasteiger partial charge is 0.136 e. The Morgan fingerprint density at radius 1 is 1.50 bits per heavy atom. The van der Waals surface area contributed by atoms with Gasteiger partial charge in [0.2, 0.25) is 0 Å². The second-order valence-electron chi connectivity index (χ2n) is 2.80. The lowest BCUT2D eigenvalue weighted by Gasteiger charge is -2.17. The third-order valence-corrected chi connectivity index (χ3v) is 3.36. The van der Waals surface area contributed by atoms with E-state index in [9.17, 15) is 0 Å². The van der Waals surface area contributed by atoms with Crippen molar-refractivity contribution in [2.24, 2.45) is 0 Å². The number of thiocarbonyl (C=S) groups is 1. The Morgan fingerprint density at radius 2 is 2.17 bits per heavy atom. The topological polar surface area (TPSA) is 12.5 Å². The summed E-state index contributed by atoms with van der Waals surface area (Å²) in [6.07, 6.45) is 2.59. The normalized spacial score (nSPS) is 16.9. The summed E-state index contributed by atoms with van der Waals surface area (Å²) < 4.78 is 6.00. The van der Waals surface area contributed by atoms with Gasteiger partial charge in [-0.3, -0.25) is 0 Å². The highest BCUT2D eigenvalue weighted by Crippen LogP contribution is 2.15. The molecule has 0 aromatic rings. The zero-order valence-corrected chi connectivity index (χ0v) is 9.05. The fraction of sp³-hybridized carbons (Fsp3) is 0.875. The van der Waals surface area contributed by atoms with Gasteiger partial charge < -0.3 is 9.64 Å². The van der Waals surface area contributed by atoms with Gasteiger partial charge in [0.05, 0.1) is 6.61 Å². The predicted octanol–water partition coefficient (Wildman–Crippen LogP) is 1.75. The van der Waals surface area contributed by atoms with Crippen LogP contribution in [-0.4, -0.2) is 41.8 Å². The molecule has 1 heterocycles. The van der Waals surface area contributed by atoms with Gasteiger partial charge in [0.15, 0.2) is 0 Å². The maximum atomic E-state index is 5.26. The molecule has 1 saturated heterocycles. The maximum absolute atomic E-state index is 5.26. The van der Waals surface area contributed by atoms with E-state index < -0.39 is 0 Å². The molecule has 0 aromatic heterocycles. The van der Waals surface area contributed by atoms with E-state index in [-0.39, 0.29) is 0 Å². The summed E-state index contributed by atoms with van der Waals surface area (Å²) in [6, 6.07) is 0. The monoisotopic (exact) mass is 205 g/mol. The standard InChI is InChI=1S/C8H15NOS2/c1-10-6-7-12-8(11)9-4-2-3-5-9/h2-7H2,1H3. The van der Waals surface area contributed by atoms with E-state index in [1.165, 1.54) is 12.8 Å². The minimum atomic E-state index is 0.790. The fourth-order valence-corrected chi connectivity index (χ4v) is 2.43. The lowest BCUT2D eigenvalue weighted by Crippen LogP contribution is -2.23. The summed E-state index contributed by atoms with van der Waals surface area (Å²) >= 11 is 6.99. The van der Waals surface area contributed by atoms with Gasteiger partial charge in [-0.1, -0.05) is 24.0 Å². The molecule has 0 amide bonds. The van der Waals surface area contributed by atoms with Crippen molar-refractivity contribution in [3.8, 4) is 0 Å². The first-order valence-electron chi connectivity index (χ1n) is 4.25. The Bertz CT molecular complexity index is 146. The number of hydrogen-bond donors (Lipinski definition) is 0. The summed E-state index contributed by atoms with van der Waals surface area (Å²) in [5.74, 6) is 0.978. The molecule has 4 heteroatoms. The zero-order chi connectivity index (χ0) is 8.81. The molecular formula is C8H15NOS2. The van der Waals surface area contributed by atoms with E-state index in [1.54, 1.807) is 18.9 Å². The van der Waals surface area contributed by atoms with Crippen LogP contribution in [0, 0.1) is 0 Å². The van der Waals surface area contributed by atoms with Crippen molar-refractivity contribution >= 4 is 28.3 Å². The Balaban J connectivity index is 2.10. The molecule has 1 rings (SSSR count). The van der Waals surface area contributed by atoms with Gasteiger partial charge >= 0.3 is 0 Å². The number of ether oxygens (including phenoxy) is 1. The van der Waals surface area contributed by atoms with Gasteiger partial charge in [-0.25, -0.2) is 0 Å². The van der Waals surface area contributed by atoms with E-state index in [0.29, 0.717) is 0 Å². The van der Waals surface area contributed by atoms with Crippen LogP contribution < -0.4 is 0 Å². The summed E-state index contributed by atoms with van der Waals surface area (Å²) in [4.78, 5) is 2.29. The Morgan fingerprint density at radius 3 is 2.75 bits per heavy atom. The number of methoxy groups -OCH3 is 1. The number of hydrogen-bond acceptors (Lipinski definition) is 3. The van der Waals surface area contributed by atoms with Crippen LogP contribution in [0.25, 0.3) is 0 Å². The number of likely N-dealkylation sites (tertiary alicyclic amines) is 1. The van der Waals surface area contributed by atoms with Crippen molar-refractivity contribution in [1.82, 2.24) is 4.90 Å². The summed E-state index contributed by atoms with van der Waals surface area (Å²) in [5, 5.41) is 0. The second-order valence-corrected chi connectivity index (χ2v) is 4.53. The van der Waals surface area contributed by atoms with Crippen LogP contribution in [0.5, 0.6) is 0 Å². The Kier molecular flexibility index (Phi) is 4.95. The highest BCUT2D eigenvalue weighted by Gasteiger charge is 2.14. The van der Waals surface area contributed by atoms with Gasteiger partial charge in [-0.2, -0.15) is 0 Å². The van der Waals surface area contributed by atoms with Gasteiger partial charge in [0.1, 0.15) is 4.32 Å². The average molecular weight is 205 g/mol. The molecule has 12 heavy (non-hydrogen) atoms. The molecule has 0 radical (unpaired) electrons. The molecule has 0 aliphatic carbocycles. The molecule has 1 aliphatic heterocycles. The van der Waals surface area contributed by atoms with E-state index in [0.717, 1.165) is 29.8 Å². The van der Waals surface area contributed by atoms with Crippen molar-refractivity contribution in [3.05, 3.63) is 0 Å². The van der Waals surface area contributed by atoms with Crippen molar-refractivity contribution in [2.75, 3.05) is 32.6 Å². The third-order valence-electron chi connectivity index (χ3n) is 1.88. The second kappa shape index (κ2) is 5.78. The SMILES string of the molecule is COCCSC(=S)N1CCCC1. The van der Waals surface area contributed by atoms with Crippen molar-refractivity contribution < 1.29 is 4.74 Å². The van der Waals surface area contributed by atoms with Crippen LogP contribution in [0.2, 0.25) is 0 Å². The summed E-state index contributed by atoms with van der Waals surface area (Å²) in [6.45, 7) is 3.09. The van der Waals surface area contributed by atoms with E-state index in [4.69, 9.17) is 17.0 Å². The van der Waals surface area contributed by atoms with Crippen LogP contribution in [0.15, 0.2) is 0 Å². The molecule has 0 aromatic carbocycles. The van der Waals surface area contributed by atoms with E-state index >= 15 is 0 Å². The number of thioether (sulfide) groups is 1.